The fraction of sp³-hybridized carbons (Fsp3) is 0.545. The van der Waals surface area contributed by atoms with Crippen molar-refractivity contribution in [3.8, 4) is 0 Å². The smallest absolute Gasteiger partial charge is 0.262 e. The molecule has 4 amide bonds. The van der Waals surface area contributed by atoms with Crippen molar-refractivity contribution in [2.75, 3.05) is 18.4 Å². The van der Waals surface area contributed by atoms with Gasteiger partial charge in [-0.15, -0.1) is 0 Å². The molecular formula is C22H27FN4O4. The van der Waals surface area contributed by atoms with E-state index >= 15 is 0 Å². The minimum atomic E-state index is -1.07. The Labute approximate surface area is 180 Å². The van der Waals surface area contributed by atoms with E-state index in [-0.39, 0.29) is 41.2 Å². The summed E-state index contributed by atoms with van der Waals surface area (Å²) in [5, 5.41) is 5.35. The molecule has 0 aliphatic carbocycles. The Morgan fingerprint density at radius 1 is 1.06 bits per heavy atom. The Morgan fingerprint density at radius 2 is 1.74 bits per heavy atom. The van der Waals surface area contributed by atoms with Crippen LogP contribution >= 0.6 is 0 Å². The first-order valence-corrected chi connectivity index (χ1v) is 10.6. The number of hydrogen-bond acceptors (Lipinski definition) is 6. The second-order valence-corrected chi connectivity index (χ2v) is 9.43. The van der Waals surface area contributed by atoms with E-state index in [2.05, 4.69) is 36.3 Å². The van der Waals surface area contributed by atoms with Crippen LogP contribution in [0.3, 0.4) is 0 Å². The van der Waals surface area contributed by atoms with Crippen LogP contribution in [0.4, 0.5) is 10.1 Å². The van der Waals surface area contributed by atoms with E-state index in [1.54, 1.807) is 0 Å². The average molecular weight is 430 g/mol. The maximum absolute atomic E-state index is 14.8. The Bertz CT molecular complexity index is 971. The summed E-state index contributed by atoms with van der Waals surface area (Å²) < 4.78 is 14.8. The van der Waals surface area contributed by atoms with Gasteiger partial charge >= 0.3 is 0 Å². The fourth-order valence-corrected chi connectivity index (χ4v) is 4.53. The predicted octanol–water partition coefficient (Wildman–Crippen LogP) is 1.90. The third kappa shape index (κ3) is 3.94. The second-order valence-electron chi connectivity index (χ2n) is 9.43. The number of hydrogen-bond donors (Lipinski definition) is 2. The van der Waals surface area contributed by atoms with Gasteiger partial charge in [0.15, 0.2) is 0 Å². The fourth-order valence-electron chi connectivity index (χ4n) is 4.53. The number of halogens is 1. The minimum absolute atomic E-state index is 0.00166. The molecule has 0 radical (unpaired) electrons. The molecule has 0 saturated carbocycles. The maximum Gasteiger partial charge on any atom is 0.262 e. The molecule has 0 spiro atoms. The lowest BCUT2D eigenvalue weighted by Crippen LogP contribution is -2.54. The first-order valence-electron chi connectivity index (χ1n) is 10.6. The third-order valence-electron chi connectivity index (χ3n) is 6.26. The highest BCUT2D eigenvalue weighted by atomic mass is 19.1. The lowest BCUT2D eigenvalue weighted by atomic mass is 9.97. The van der Waals surface area contributed by atoms with Gasteiger partial charge in [-0.3, -0.25) is 34.3 Å². The molecule has 3 aliphatic heterocycles. The number of nitrogens with zero attached hydrogens (tertiary/aromatic N) is 2. The van der Waals surface area contributed by atoms with E-state index < -0.39 is 35.5 Å². The van der Waals surface area contributed by atoms with E-state index in [9.17, 15) is 23.6 Å². The first kappa shape index (κ1) is 21.4. The number of carbonyl (C=O) groups excluding carboxylic acids is 4. The van der Waals surface area contributed by atoms with Crippen LogP contribution in [0.25, 0.3) is 0 Å². The predicted molar refractivity (Wildman–Crippen MR) is 111 cm³/mol. The maximum atomic E-state index is 14.8. The zero-order valence-electron chi connectivity index (χ0n) is 18.0. The number of benzene rings is 1. The topological polar surface area (TPSA) is 98.8 Å². The summed E-state index contributed by atoms with van der Waals surface area (Å²) in [5.74, 6) is -3.09. The van der Waals surface area contributed by atoms with Crippen molar-refractivity contribution in [2.24, 2.45) is 0 Å². The van der Waals surface area contributed by atoms with Gasteiger partial charge in [-0.1, -0.05) is 0 Å². The van der Waals surface area contributed by atoms with E-state index in [1.165, 1.54) is 6.07 Å². The summed E-state index contributed by atoms with van der Waals surface area (Å²) in [5.41, 5.74) is 0.187. The number of rotatable bonds is 3. The van der Waals surface area contributed by atoms with Crippen molar-refractivity contribution in [1.82, 2.24) is 15.1 Å². The third-order valence-corrected chi connectivity index (χ3v) is 6.26. The molecule has 3 heterocycles. The second kappa shape index (κ2) is 7.71. The van der Waals surface area contributed by atoms with Gasteiger partial charge in [-0.2, -0.15) is 0 Å². The number of anilines is 1. The standard InChI is InChI=1S/C22H27FN4O4/c1-22(2,3)26-8-4-5-12(11-26)24-16-10-14-13(9-15(16)23)20(30)27(21(14)31)17-6-7-18(28)25-19(17)29/h9-10,12,17,24H,4-8,11H2,1-3H3,(H,25,28,29)/t12-,17?/m0/s1. The highest BCUT2D eigenvalue weighted by Crippen LogP contribution is 2.32. The van der Waals surface area contributed by atoms with Crippen LogP contribution in [-0.4, -0.2) is 64.1 Å². The molecule has 8 nitrogen and oxygen atoms in total. The molecule has 166 valence electrons. The van der Waals surface area contributed by atoms with Crippen LogP contribution in [-0.2, 0) is 9.59 Å². The number of amides is 4. The van der Waals surface area contributed by atoms with Crippen molar-refractivity contribution in [1.29, 1.82) is 0 Å². The van der Waals surface area contributed by atoms with Crippen molar-refractivity contribution in [3.05, 3.63) is 29.1 Å². The highest BCUT2D eigenvalue weighted by Gasteiger charge is 2.45. The minimum Gasteiger partial charge on any atom is -0.379 e. The molecule has 3 aliphatic rings. The van der Waals surface area contributed by atoms with Gasteiger partial charge in [0.2, 0.25) is 11.8 Å². The Kier molecular flexibility index (Phi) is 5.33. The summed E-state index contributed by atoms with van der Waals surface area (Å²) in [6.07, 6.45) is 1.95. The number of nitrogens with one attached hydrogen (secondary N) is 2. The number of piperidine rings is 2. The average Bonchev–Trinajstić information content (AvgIpc) is 2.92. The van der Waals surface area contributed by atoms with Crippen LogP contribution in [0.2, 0.25) is 0 Å². The number of carbonyl (C=O) groups is 4. The monoisotopic (exact) mass is 430 g/mol. The summed E-state index contributed by atoms with van der Waals surface area (Å²) in [4.78, 5) is 52.5. The number of imide groups is 2. The molecule has 9 heteroatoms. The van der Waals surface area contributed by atoms with Gasteiger partial charge in [0.05, 0.1) is 16.8 Å². The summed E-state index contributed by atoms with van der Waals surface area (Å²) in [7, 11) is 0. The van der Waals surface area contributed by atoms with E-state index in [0.29, 0.717) is 0 Å². The molecule has 1 aromatic rings. The van der Waals surface area contributed by atoms with E-state index in [1.807, 2.05) is 0 Å². The molecule has 2 saturated heterocycles. The van der Waals surface area contributed by atoms with Gasteiger partial charge in [-0.05, 0) is 58.7 Å². The summed E-state index contributed by atoms with van der Waals surface area (Å²) in [6, 6.07) is 1.38. The van der Waals surface area contributed by atoms with Crippen molar-refractivity contribution < 1.29 is 23.6 Å². The van der Waals surface area contributed by atoms with Gasteiger partial charge in [-0.25, -0.2) is 4.39 Å². The molecule has 2 fully saturated rings. The largest absolute Gasteiger partial charge is 0.379 e. The summed E-state index contributed by atoms with van der Waals surface area (Å²) in [6.45, 7) is 8.13. The molecule has 31 heavy (non-hydrogen) atoms. The number of fused-ring (bicyclic) bond motifs is 1. The Morgan fingerprint density at radius 3 is 2.39 bits per heavy atom. The molecule has 1 unspecified atom stereocenters. The lowest BCUT2D eigenvalue weighted by molar-refractivity contribution is -0.136. The highest BCUT2D eigenvalue weighted by molar-refractivity contribution is 6.23. The quantitative estimate of drug-likeness (QED) is 0.711. The lowest BCUT2D eigenvalue weighted by Gasteiger charge is -2.42. The van der Waals surface area contributed by atoms with Gasteiger partial charge in [0.1, 0.15) is 11.9 Å². The van der Waals surface area contributed by atoms with Gasteiger partial charge in [0.25, 0.3) is 11.8 Å². The molecule has 0 aromatic heterocycles. The molecule has 2 atom stereocenters. The molecule has 2 N–H and O–H groups in total. The van der Waals surface area contributed by atoms with Crippen molar-refractivity contribution >= 4 is 29.3 Å². The van der Waals surface area contributed by atoms with Crippen molar-refractivity contribution in [3.63, 3.8) is 0 Å². The molecule has 4 rings (SSSR count). The van der Waals surface area contributed by atoms with Gasteiger partial charge in [0, 0.05) is 24.5 Å². The van der Waals surface area contributed by atoms with Crippen LogP contribution in [0.15, 0.2) is 12.1 Å². The Balaban J connectivity index is 1.56. The zero-order chi connectivity index (χ0) is 22.5. The first-order chi connectivity index (χ1) is 14.6. The van der Waals surface area contributed by atoms with Crippen molar-refractivity contribution in [2.45, 2.75) is 64.1 Å². The SMILES string of the molecule is CC(C)(C)N1CCC[C@H](Nc2cc3c(cc2F)C(=O)N(C2CCC(=O)NC2=O)C3=O)C1. The molecular weight excluding hydrogens is 403 g/mol. The van der Waals surface area contributed by atoms with E-state index in [4.69, 9.17) is 0 Å². The van der Waals surface area contributed by atoms with Crippen LogP contribution in [0.1, 0.15) is 67.2 Å². The van der Waals surface area contributed by atoms with Crippen LogP contribution in [0, 0.1) is 5.82 Å². The van der Waals surface area contributed by atoms with E-state index in [0.717, 1.165) is 36.9 Å². The Hall–Kier alpha value is -2.81. The number of likely N-dealkylation sites (tertiary alicyclic amines) is 1. The van der Waals surface area contributed by atoms with Crippen LogP contribution < -0.4 is 10.6 Å². The van der Waals surface area contributed by atoms with Crippen LogP contribution in [0.5, 0.6) is 0 Å². The molecule has 1 aromatic carbocycles. The summed E-state index contributed by atoms with van der Waals surface area (Å²) >= 11 is 0. The normalized spacial score (nSPS) is 25.0. The van der Waals surface area contributed by atoms with Gasteiger partial charge < -0.3 is 5.32 Å². The molecule has 0 bridgehead atoms. The zero-order valence-corrected chi connectivity index (χ0v) is 18.0.